The minimum absolute atomic E-state index is 0. The molecule has 0 saturated carbocycles. The number of amides is 1. The van der Waals surface area contributed by atoms with E-state index in [-0.39, 0.29) is 37.1 Å². The molecule has 0 atom stereocenters. The Balaban J connectivity index is 0.00000200. The molecule has 0 aliphatic heterocycles. The maximum absolute atomic E-state index is 11.6. The van der Waals surface area contributed by atoms with Crippen LogP contribution in [0.4, 0.5) is 0 Å². The molecule has 3 N–H and O–H groups in total. The molecule has 0 radical (unpaired) electrons. The van der Waals surface area contributed by atoms with E-state index in [1.807, 2.05) is 17.5 Å². The van der Waals surface area contributed by atoms with E-state index in [1.165, 1.54) is 6.26 Å². The molecule has 8 heteroatoms. The van der Waals surface area contributed by atoms with Crippen LogP contribution in [0.25, 0.3) is 10.8 Å². The number of nitrogens with two attached hydrogens (primary N) is 1. The Kier molecular flexibility index (Phi) is 10.1. The molecule has 2 rings (SSSR count). The standard InChI is InChI=1S/C13H17N3O2S.2ClH/c14-5-1-2-6-15-12(17)8-10-9-18-13(16-10)11-4-3-7-19-11;;/h3-4,7,9H,1-2,5-6,8,14H2,(H,15,17);2*1H. The highest BCUT2D eigenvalue weighted by Gasteiger charge is 2.10. The molecule has 2 heterocycles. The molecule has 118 valence electrons. The summed E-state index contributed by atoms with van der Waals surface area (Å²) in [6.45, 7) is 1.31. The summed E-state index contributed by atoms with van der Waals surface area (Å²) >= 11 is 1.56. The van der Waals surface area contributed by atoms with Crippen LogP contribution in [0, 0.1) is 0 Å². The second-order valence-electron chi connectivity index (χ2n) is 4.14. The van der Waals surface area contributed by atoms with E-state index in [2.05, 4.69) is 10.3 Å². The van der Waals surface area contributed by atoms with Gasteiger partial charge in [0.25, 0.3) is 0 Å². The highest BCUT2D eigenvalue weighted by atomic mass is 35.5. The molecule has 1 amide bonds. The molecular weight excluding hydrogens is 333 g/mol. The number of halogens is 2. The Hall–Kier alpha value is -1.08. The Morgan fingerprint density at radius 2 is 2.19 bits per heavy atom. The number of aromatic nitrogens is 1. The lowest BCUT2D eigenvalue weighted by Gasteiger charge is -2.02. The molecule has 5 nitrogen and oxygen atoms in total. The number of thiophene rings is 1. The van der Waals surface area contributed by atoms with Crippen LogP contribution in [0.2, 0.25) is 0 Å². The minimum atomic E-state index is -0.0388. The normalized spacial score (nSPS) is 9.57. The number of hydrogen-bond acceptors (Lipinski definition) is 5. The first-order valence-electron chi connectivity index (χ1n) is 6.24. The van der Waals surface area contributed by atoms with Crippen LogP contribution in [0.5, 0.6) is 0 Å². The first-order valence-corrected chi connectivity index (χ1v) is 7.12. The first kappa shape index (κ1) is 19.9. The summed E-state index contributed by atoms with van der Waals surface area (Å²) in [6, 6.07) is 3.88. The highest BCUT2D eigenvalue weighted by Crippen LogP contribution is 2.23. The topological polar surface area (TPSA) is 81.1 Å². The third-order valence-corrected chi connectivity index (χ3v) is 3.44. The lowest BCUT2D eigenvalue weighted by atomic mass is 10.3. The van der Waals surface area contributed by atoms with Gasteiger partial charge in [-0.05, 0) is 30.8 Å². The van der Waals surface area contributed by atoms with E-state index in [9.17, 15) is 4.79 Å². The Morgan fingerprint density at radius 3 is 2.86 bits per heavy atom. The van der Waals surface area contributed by atoms with E-state index >= 15 is 0 Å². The fourth-order valence-corrected chi connectivity index (χ4v) is 2.28. The van der Waals surface area contributed by atoms with Crippen LogP contribution in [0.1, 0.15) is 18.5 Å². The number of oxazole rings is 1. The van der Waals surface area contributed by atoms with Gasteiger partial charge in [-0.3, -0.25) is 4.79 Å². The Bertz CT molecular complexity index is 517. The summed E-state index contributed by atoms with van der Waals surface area (Å²) in [5.41, 5.74) is 6.04. The van der Waals surface area contributed by atoms with Crippen LogP contribution in [0.15, 0.2) is 28.2 Å². The van der Waals surface area contributed by atoms with Crippen LogP contribution >= 0.6 is 36.2 Å². The van der Waals surface area contributed by atoms with Gasteiger partial charge >= 0.3 is 0 Å². The second kappa shape index (κ2) is 10.6. The molecule has 0 spiro atoms. The quantitative estimate of drug-likeness (QED) is 0.751. The smallest absolute Gasteiger partial charge is 0.236 e. The number of nitrogens with one attached hydrogen (secondary N) is 1. The maximum atomic E-state index is 11.6. The van der Waals surface area contributed by atoms with E-state index in [4.69, 9.17) is 10.2 Å². The van der Waals surface area contributed by atoms with Gasteiger partial charge in [-0.2, -0.15) is 0 Å². The summed E-state index contributed by atoms with van der Waals surface area (Å²) in [4.78, 5) is 16.9. The SMILES string of the molecule is Cl.Cl.NCCCCNC(=O)Cc1coc(-c2cccs2)n1. The summed E-state index contributed by atoms with van der Waals surface area (Å²) in [7, 11) is 0. The number of carbonyl (C=O) groups excluding carboxylic acids is 1. The number of nitrogens with zero attached hydrogens (tertiary/aromatic N) is 1. The zero-order chi connectivity index (χ0) is 13.5. The van der Waals surface area contributed by atoms with Gasteiger partial charge in [0.05, 0.1) is 17.0 Å². The average molecular weight is 352 g/mol. The molecule has 0 aromatic carbocycles. The second-order valence-corrected chi connectivity index (χ2v) is 5.09. The third-order valence-electron chi connectivity index (χ3n) is 2.58. The van der Waals surface area contributed by atoms with Crippen molar-refractivity contribution in [2.45, 2.75) is 19.3 Å². The van der Waals surface area contributed by atoms with Crippen molar-refractivity contribution in [1.82, 2.24) is 10.3 Å². The molecule has 2 aromatic heterocycles. The Morgan fingerprint density at radius 1 is 1.38 bits per heavy atom. The number of carbonyl (C=O) groups is 1. The molecule has 2 aromatic rings. The molecule has 0 aliphatic rings. The largest absolute Gasteiger partial charge is 0.444 e. The van der Waals surface area contributed by atoms with Crippen LogP contribution in [-0.4, -0.2) is 24.0 Å². The van der Waals surface area contributed by atoms with Crippen molar-refractivity contribution in [3.63, 3.8) is 0 Å². The Labute approximate surface area is 140 Å². The predicted octanol–water partition coefficient (Wildman–Crippen LogP) is 2.64. The molecule has 0 bridgehead atoms. The zero-order valence-corrected chi connectivity index (χ0v) is 13.9. The highest BCUT2D eigenvalue weighted by molar-refractivity contribution is 7.13. The van der Waals surface area contributed by atoms with Gasteiger partial charge in [0, 0.05) is 6.54 Å². The van der Waals surface area contributed by atoms with Gasteiger partial charge in [0.2, 0.25) is 11.8 Å². The number of unbranched alkanes of at least 4 members (excludes halogenated alkanes) is 1. The van der Waals surface area contributed by atoms with Gasteiger partial charge in [-0.15, -0.1) is 36.2 Å². The third kappa shape index (κ3) is 6.48. The van der Waals surface area contributed by atoms with Crippen molar-refractivity contribution >= 4 is 42.1 Å². The average Bonchev–Trinajstić information content (AvgIpc) is 3.04. The molecule has 0 saturated heterocycles. The van der Waals surface area contributed by atoms with Crippen molar-refractivity contribution in [3.05, 3.63) is 29.5 Å². The predicted molar refractivity (Wildman–Crippen MR) is 89.3 cm³/mol. The molecule has 0 fully saturated rings. The molecular formula is C13H19Cl2N3O2S. The van der Waals surface area contributed by atoms with Gasteiger partial charge in [-0.1, -0.05) is 6.07 Å². The van der Waals surface area contributed by atoms with Crippen LogP contribution in [0.3, 0.4) is 0 Å². The van der Waals surface area contributed by atoms with Crippen molar-refractivity contribution < 1.29 is 9.21 Å². The van der Waals surface area contributed by atoms with Crippen LogP contribution in [-0.2, 0) is 11.2 Å². The number of rotatable bonds is 7. The van der Waals surface area contributed by atoms with Gasteiger partial charge in [0.1, 0.15) is 6.26 Å². The first-order chi connectivity index (χ1) is 9.29. The van der Waals surface area contributed by atoms with E-state index in [1.54, 1.807) is 11.3 Å². The van der Waals surface area contributed by atoms with E-state index in [0.717, 1.165) is 17.7 Å². The molecule has 0 unspecified atom stereocenters. The van der Waals surface area contributed by atoms with Crippen LogP contribution < -0.4 is 11.1 Å². The summed E-state index contributed by atoms with van der Waals surface area (Å²) in [5.74, 6) is 0.531. The fourth-order valence-electron chi connectivity index (χ4n) is 1.63. The van der Waals surface area contributed by atoms with Crippen molar-refractivity contribution in [3.8, 4) is 10.8 Å². The fraction of sp³-hybridized carbons (Fsp3) is 0.385. The van der Waals surface area contributed by atoms with Crippen molar-refractivity contribution in [1.29, 1.82) is 0 Å². The minimum Gasteiger partial charge on any atom is -0.444 e. The van der Waals surface area contributed by atoms with Gasteiger partial charge in [0.15, 0.2) is 0 Å². The summed E-state index contributed by atoms with van der Waals surface area (Å²) in [5, 5.41) is 4.80. The lowest BCUT2D eigenvalue weighted by Crippen LogP contribution is -2.26. The van der Waals surface area contributed by atoms with E-state index < -0.39 is 0 Å². The number of hydrogen-bond donors (Lipinski definition) is 2. The summed E-state index contributed by atoms with van der Waals surface area (Å²) < 4.78 is 5.36. The monoisotopic (exact) mass is 351 g/mol. The molecule has 0 aliphatic carbocycles. The van der Waals surface area contributed by atoms with E-state index in [0.29, 0.717) is 24.7 Å². The van der Waals surface area contributed by atoms with Crippen molar-refractivity contribution in [2.24, 2.45) is 5.73 Å². The lowest BCUT2D eigenvalue weighted by molar-refractivity contribution is -0.120. The van der Waals surface area contributed by atoms with Gasteiger partial charge < -0.3 is 15.5 Å². The summed E-state index contributed by atoms with van der Waals surface area (Å²) in [6.07, 6.45) is 3.61. The maximum Gasteiger partial charge on any atom is 0.236 e. The van der Waals surface area contributed by atoms with Crippen molar-refractivity contribution in [2.75, 3.05) is 13.1 Å². The molecule has 21 heavy (non-hydrogen) atoms. The van der Waals surface area contributed by atoms with Gasteiger partial charge in [-0.25, -0.2) is 4.98 Å². The zero-order valence-electron chi connectivity index (χ0n) is 11.4.